The number of hydrogen-bond donors (Lipinski definition) is 3. The highest BCUT2D eigenvalue weighted by molar-refractivity contribution is 5.85. The van der Waals surface area contributed by atoms with Gasteiger partial charge in [0.25, 0.3) is 0 Å². The number of carboxylic acid groups (broad SMARTS) is 1. The zero-order valence-corrected chi connectivity index (χ0v) is 13.1. The lowest BCUT2D eigenvalue weighted by Gasteiger charge is -2.26. The minimum atomic E-state index is -0.866. The molecule has 0 aromatic rings. The van der Waals surface area contributed by atoms with Crippen LogP contribution in [0.25, 0.3) is 0 Å². The van der Waals surface area contributed by atoms with Crippen LogP contribution in [0.1, 0.15) is 59.3 Å². The Morgan fingerprint density at radius 3 is 2.10 bits per heavy atom. The molecule has 0 aliphatic heterocycles. The molecule has 6 nitrogen and oxygen atoms in total. The molecule has 120 valence electrons. The van der Waals surface area contributed by atoms with E-state index in [1.165, 1.54) is 0 Å². The molecule has 1 fully saturated rings. The van der Waals surface area contributed by atoms with Gasteiger partial charge in [-0.3, -0.25) is 14.4 Å². The predicted molar refractivity (Wildman–Crippen MR) is 78.7 cm³/mol. The average Bonchev–Trinajstić information content (AvgIpc) is 2.71. The van der Waals surface area contributed by atoms with E-state index in [-0.39, 0.29) is 36.7 Å². The van der Waals surface area contributed by atoms with E-state index < -0.39 is 11.4 Å². The van der Waals surface area contributed by atoms with Gasteiger partial charge in [0.1, 0.15) is 0 Å². The molecule has 0 aromatic heterocycles. The summed E-state index contributed by atoms with van der Waals surface area (Å²) in [4.78, 5) is 34.6. The first-order valence-electron chi connectivity index (χ1n) is 7.41. The highest BCUT2D eigenvalue weighted by atomic mass is 16.4. The van der Waals surface area contributed by atoms with Gasteiger partial charge in [-0.2, -0.15) is 0 Å². The maximum atomic E-state index is 12.0. The summed E-state index contributed by atoms with van der Waals surface area (Å²) in [7, 11) is 0. The Morgan fingerprint density at radius 1 is 1.05 bits per heavy atom. The van der Waals surface area contributed by atoms with Crippen LogP contribution in [0.4, 0.5) is 0 Å². The fourth-order valence-corrected chi connectivity index (χ4v) is 2.91. The van der Waals surface area contributed by atoms with Gasteiger partial charge in [0.2, 0.25) is 11.8 Å². The second-order valence-corrected chi connectivity index (χ2v) is 7.03. The summed E-state index contributed by atoms with van der Waals surface area (Å²) in [5.41, 5.74) is -0.770. The molecular weight excluding hydrogens is 272 g/mol. The third-order valence-corrected chi connectivity index (χ3v) is 3.69. The van der Waals surface area contributed by atoms with Gasteiger partial charge in [-0.05, 0) is 39.0 Å². The van der Waals surface area contributed by atoms with Crippen LogP contribution in [-0.2, 0) is 14.4 Å². The Bertz CT molecular complexity index is 406. The predicted octanol–water partition coefficient (Wildman–Crippen LogP) is 1.44. The smallest absolute Gasteiger partial charge is 0.303 e. The van der Waals surface area contributed by atoms with Gasteiger partial charge in [-0.25, -0.2) is 0 Å². The number of rotatable bonds is 6. The molecule has 6 heteroatoms. The molecule has 0 radical (unpaired) electrons. The zero-order chi connectivity index (χ0) is 16.1. The topological polar surface area (TPSA) is 95.5 Å². The molecule has 21 heavy (non-hydrogen) atoms. The number of hydrogen-bond acceptors (Lipinski definition) is 3. The molecule has 0 unspecified atom stereocenters. The van der Waals surface area contributed by atoms with Crippen LogP contribution < -0.4 is 10.6 Å². The minimum Gasteiger partial charge on any atom is -0.481 e. The first kappa shape index (κ1) is 17.5. The molecule has 1 aliphatic rings. The summed E-state index contributed by atoms with van der Waals surface area (Å²) in [5, 5.41) is 14.3. The van der Waals surface area contributed by atoms with Crippen molar-refractivity contribution < 1.29 is 19.5 Å². The lowest BCUT2D eigenvalue weighted by Crippen LogP contribution is -2.46. The van der Waals surface area contributed by atoms with Crippen molar-refractivity contribution in [3.8, 4) is 0 Å². The fourth-order valence-electron chi connectivity index (χ4n) is 2.91. The molecule has 0 saturated heterocycles. The number of nitrogens with one attached hydrogen (secondary N) is 2. The SMILES string of the molecule is CC(C)(C)NC(=O)CNC(=O)CC1(CC(=O)O)CCCC1. The Morgan fingerprint density at radius 2 is 1.62 bits per heavy atom. The standard InChI is InChI=1S/C15H26N2O4/c1-14(2,3)17-12(19)10-16-11(18)8-15(9-13(20)21)6-4-5-7-15/h4-10H2,1-3H3,(H,16,18)(H,17,19)(H,20,21). The summed E-state index contributed by atoms with van der Waals surface area (Å²) in [6.07, 6.45) is 3.66. The second kappa shape index (κ2) is 6.91. The summed E-state index contributed by atoms with van der Waals surface area (Å²) in [6, 6.07) is 0. The molecular formula is C15H26N2O4. The van der Waals surface area contributed by atoms with Gasteiger partial charge in [0, 0.05) is 12.0 Å². The van der Waals surface area contributed by atoms with E-state index in [4.69, 9.17) is 5.11 Å². The van der Waals surface area contributed by atoms with E-state index in [1.807, 2.05) is 20.8 Å². The Hall–Kier alpha value is -1.59. The minimum absolute atomic E-state index is 0.0224. The Labute approximate surface area is 125 Å². The molecule has 0 heterocycles. The maximum Gasteiger partial charge on any atom is 0.303 e. The molecule has 1 rings (SSSR count). The second-order valence-electron chi connectivity index (χ2n) is 7.03. The van der Waals surface area contributed by atoms with Crippen molar-refractivity contribution in [1.29, 1.82) is 0 Å². The molecule has 0 aromatic carbocycles. The van der Waals surface area contributed by atoms with E-state index in [0.717, 1.165) is 25.7 Å². The van der Waals surface area contributed by atoms with Gasteiger partial charge >= 0.3 is 5.97 Å². The van der Waals surface area contributed by atoms with Gasteiger partial charge in [0.15, 0.2) is 0 Å². The Balaban J connectivity index is 2.44. The van der Waals surface area contributed by atoms with E-state index in [1.54, 1.807) is 0 Å². The molecule has 0 atom stereocenters. The van der Waals surface area contributed by atoms with Crippen LogP contribution in [0.2, 0.25) is 0 Å². The van der Waals surface area contributed by atoms with Crippen LogP contribution in [0.3, 0.4) is 0 Å². The van der Waals surface area contributed by atoms with Gasteiger partial charge in [0.05, 0.1) is 13.0 Å². The molecule has 1 aliphatic carbocycles. The van der Waals surface area contributed by atoms with E-state index >= 15 is 0 Å². The molecule has 2 amide bonds. The monoisotopic (exact) mass is 298 g/mol. The highest BCUT2D eigenvalue weighted by Crippen LogP contribution is 2.43. The zero-order valence-electron chi connectivity index (χ0n) is 13.1. The number of carboxylic acids is 1. The van der Waals surface area contributed by atoms with Crippen molar-refractivity contribution in [3.05, 3.63) is 0 Å². The molecule has 0 spiro atoms. The normalized spacial score (nSPS) is 17.3. The van der Waals surface area contributed by atoms with Gasteiger partial charge < -0.3 is 15.7 Å². The molecule has 3 N–H and O–H groups in total. The van der Waals surface area contributed by atoms with Crippen molar-refractivity contribution in [1.82, 2.24) is 10.6 Å². The third kappa shape index (κ3) is 6.60. The van der Waals surface area contributed by atoms with Crippen molar-refractivity contribution in [2.45, 2.75) is 64.8 Å². The molecule has 0 bridgehead atoms. The van der Waals surface area contributed by atoms with E-state index in [2.05, 4.69) is 10.6 Å². The first-order valence-corrected chi connectivity index (χ1v) is 7.41. The van der Waals surface area contributed by atoms with E-state index in [9.17, 15) is 14.4 Å². The number of carbonyl (C=O) groups excluding carboxylic acids is 2. The van der Waals surface area contributed by atoms with Crippen molar-refractivity contribution in [3.63, 3.8) is 0 Å². The largest absolute Gasteiger partial charge is 0.481 e. The maximum absolute atomic E-state index is 12.0. The number of amides is 2. The summed E-state index contributed by atoms with van der Waals surface area (Å²) in [5.74, 6) is -1.35. The van der Waals surface area contributed by atoms with Crippen LogP contribution in [0.15, 0.2) is 0 Å². The quantitative estimate of drug-likeness (QED) is 0.691. The van der Waals surface area contributed by atoms with Crippen molar-refractivity contribution in [2.75, 3.05) is 6.54 Å². The van der Waals surface area contributed by atoms with Crippen molar-refractivity contribution >= 4 is 17.8 Å². The van der Waals surface area contributed by atoms with Gasteiger partial charge in [-0.15, -0.1) is 0 Å². The molecule has 1 saturated carbocycles. The van der Waals surface area contributed by atoms with Crippen LogP contribution >= 0.6 is 0 Å². The van der Waals surface area contributed by atoms with Crippen LogP contribution in [-0.4, -0.2) is 35.0 Å². The van der Waals surface area contributed by atoms with Gasteiger partial charge in [-0.1, -0.05) is 12.8 Å². The average molecular weight is 298 g/mol. The first-order chi connectivity index (χ1) is 9.62. The Kier molecular flexibility index (Phi) is 5.75. The summed E-state index contributed by atoms with van der Waals surface area (Å²) >= 11 is 0. The van der Waals surface area contributed by atoms with Crippen LogP contribution in [0.5, 0.6) is 0 Å². The fraction of sp³-hybridized carbons (Fsp3) is 0.800. The third-order valence-electron chi connectivity index (χ3n) is 3.69. The lowest BCUT2D eigenvalue weighted by molar-refractivity contribution is -0.140. The van der Waals surface area contributed by atoms with Crippen molar-refractivity contribution in [2.24, 2.45) is 5.41 Å². The number of aliphatic carboxylic acids is 1. The highest BCUT2D eigenvalue weighted by Gasteiger charge is 2.37. The van der Waals surface area contributed by atoms with Crippen LogP contribution in [0, 0.1) is 5.41 Å². The summed E-state index contributed by atoms with van der Waals surface area (Å²) in [6.45, 7) is 5.53. The summed E-state index contributed by atoms with van der Waals surface area (Å²) < 4.78 is 0. The lowest BCUT2D eigenvalue weighted by atomic mass is 9.79. The number of carbonyl (C=O) groups is 3. The van der Waals surface area contributed by atoms with E-state index in [0.29, 0.717) is 0 Å².